The summed E-state index contributed by atoms with van der Waals surface area (Å²) in [7, 11) is 5.10. The summed E-state index contributed by atoms with van der Waals surface area (Å²) in [4.78, 5) is 25.0. The van der Waals surface area contributed by atoms with Crippen LogP contribution < -0.4 is 11.2 Å². The lowest BCUT2D eigenvalue weighted by atomic mass is 9.88. The second-order valence-electron chi connectivity index (χ2n) is 4.42. The molecule has 9 heteroatoms. The molecule has 0 aliphatic carbocycles. The van der Waals surface area contributed by atoms with Gasteiger partial charge in [-0.3, -0.25) is 14.3 Å². The van der Waals surface area contributed by atoms with Crippen LogP contribution in [0.4, 0.5) is 0 Å². The van der Waals surface area contributed by atoms with Crippen molar-refractivity contribution in [3.8, 4) is 0 Å². The number of aliphatic hydroxyl groups is 3. The van der Waals surface area contributed by atoms with Crippen molar-refractivity contribution in [1.82, 2.24) is 9.55 Å². The van der Waals surface area contributed by atoms with E-state index in [1.165, 1.54) is 6.20 Å². The third-order valence-electron chi connectivity index (χ3n) is 2.99. The van der Waals surface area contributed by atoms with E-state index in [0.717, 1.165) is 4.57 Å². The molecular formula is C10H13BN2O6. The Kier molecular flexibility index (Phi) is 3.63. The van der Waals surface area contributed by atoms with Crippen LogP contribution in [0.2, 0.25) is 0 Å². The minimum absolute atomic E-state index is 0.0126. The van der Waals surface area contributed by atoms with Crippen LogP contribution >= 0.6 is 0 Å². The Morgan fingerprint density at radius 3 is 2.68 bits per heavy atom. The molecule has 1 aliphatic heterocycles. The van der Waals surface area contributed by atoms with Gasteiger partial charge in [0.15, 0.2) is 7.85 Å². The fourth-order valence-corrected chi connectivity index (χ4v) is 1.99. The lowest BCUT2D eigenvalue weighted by Crippen LogP contribution is -2.43. The van der Waals surface area contributed by atoms with Gasteiger partial charge < -0.3 is 20.1 Å². The highest BCUT2D eigenvalue weighted by Gasteiger charge is 2.37. The molecule has 4 N–H and O–H groups in total. The van der Waals surface area contributed by atoms with Crippen molar-refractivity contribution in [3.05, 3.63) is 32.6 Å². The van der Waals surface area contributed by atoms with Crippen molar-refractivity contribution in [2.75, 3.05) is 0 Å². The Bertz CT molecular complexity index is 575. The number of hydrogen-bond donors (Lipinski definition) is 4. The van der Waals surface area contributed by atoms with Crippen molar-refractivity contribution < 1.29 is 20.1 Å². The van der Waals surface area contributed by atoms with Crippen molar-refractivity contribution in [2.45, 2.75) is 37.5 Å². The summed E-state index contributed by atoms with van der Waals surface area (Å²) in [5, 5.41) is 27.4. The third-order valence-corrected chi connectivity index (χ3v) is 2.99. The predicted molar refractivity (Wildman–Crippen MR) is 63.3 cm³/mol. The molecule has 1 aromatic heterocycles. The van der Waals surface area contributed by atoms with Gasteiger partial charge in [-0.25, -0.2) is 4.79 Å². The van der Waals surface area contributed by atoms with Crippen LogP contribution in [0, 0.1) is 0 Å². The average molecular weight is 268 g/mol. The number of hydrogen-bond acceptors (Lipinski definition) is 6. The first kappa shape index (κ1) is 14.0. The van der Waals surface area contributed by atoms with E-state index in [2.05, 4.69) is 0 Å². The number of nitrogens with one attached hydrogen (secondary N) is 1. The van der Waals surface area contributed by atoms with Crippen LogP contribution in [0.1, 0.15) is 24.6 Å². The Morgan fingerprint density at radius 2 is 2.16 bits per heavy atom. The minimum Gasteiger partial charge on any atom is -0.391 e. The first-order valence-electron chi connectivity index (χ1n) is 5.67. The summed E-state index contributed by atoms with van der Waals surface area (Å²) in [6.07, 6.45) is -0.0625. The zero-order valence-corrected chi connectivity index (χ0v) is 9.94. The molecule has 0 amide bonds. The molecule has 1 aromatic rings. The van der Waals surface area contributed by atoms with Gasteiger partial charge in [0.1, 0.15) is 18.0 Å². The Balaban J connectivity index is 2.30. The summed E-state index contributed by atoms with van der Waals surface area (Å²) in [6.45, 7) is -0.521. The maximum Gasteiger partial charge on any atom is 0.330 e. The van der Waals surface area contributed by atoms with E-state index in [4.69, 9.17) is 17.7 Å². The molecule has 0 spiro atoms. The highest BCUT2D eigenvalue weighted by molar-refractivity contribution is 6.13. The van der Waals surface area contributed by atoms with Crippen LogP contribution in [0.25, 0.3) is 0 Å². The predicted octanol–water partition coefficient (Wildman–Crippen LogP) is -2.49. The molecule has 0 saturated carbocycles. The summed E-state index contributed by atoms with van der Waals surface area (Å²) in [5.41, 5.74) is -3.85. The number of H-pyrrole nitrogens is 1. The van der Waals surface area contributed by atoms with Crippen molar-refractivity contribution in [1.29, 1.82) is 0 Å². The molecule has 2 atom stereocenters. The monoisotopic (exact) mass is 268 g/mol. The van der Waals surface area contributed by atoms with Crippen molar-refractivity contribution in [3.63, 3.8) is 0 Å². The number of ether oxygens (including phenoxy) is 1. The Labute approximate surface area is 108 Å². The van der Waals surface area contributed by atoms with Gasteiger partial charge in [-0.15, -0.1) is 0 Å². The Morgan fingerprint density at radius 1 is 1.47 bits per heavy atom. The smallest absolute Gasteiger partial charge is 0.330 e. The van der Waals surface area contributed by atoms with E-state index in [1.807, 2.05) is 4.98 Å². The van der Waals surface area contributed by atoms with E-state index < -0.39 is 35.9 Å². The number of rotatable bonds is 3. The first-order valence-corrected chi connectivity index (χ1v) is 5.67. The molecule has 1 fully saturated rings. The van der Waals surface area contributed by atoms with Crippen LogP contribution in [0.5, 0.6) is 0 Å². The van der Waals surface area contributed by atoms with E-state index in [-0.39, 0.29) is 12.0 Å². The first-order chi connectivity index (χ1) is 8.82. The maximum atomic E-state index is 11.6. The normalized spacial score (nSPS) is 23.7. The number of aromatic nitrogens is 2. The third kappa shape index (κ3) is 2.79. The fraction of sp³-hybridized carbons (Fsp3) is 0.600. The highest BCUT2D eigenvalue weighted by atomic mass is 16.6. The van der Waals surface area contributed by atoms with E-state index in [9.17, 15) is 19.8 Å². The molecule has 0 bridgehead atoms. The molecule has 2 heterocycles. The maximum absolute atomic E-state index is 11.6. The van der Waals surface area contributed by atoms with E-state index >= 15 is 0 Å². The number of aromatic amines is 1. The summed E-state index contributed by atoms with van der Waals surface area (Å²) in [6, 6.07) is 0. The van der Waals surface area contributed by atoms with Crippen LogP contribution in [-0.4, -0.2) is 44.5 Å². The molecule has 0 aromatic carbocycles. The minimum atomic E-state index is -2.49. The molecule has 102 valence electrons. The second kappa shape index (κ2) is 4.93. The van der Waals surface area contributed by atoms with Gasteiger partial charge in [0.05, 0.1) is 12.2 Å². The van der Waals surface area contributed by atoms with Gasteiger partial charge in [0.2, 0.25) is 0 Å². The lowest BCUT2D eigenvalue weighted by Gasteiger charge is -2.25. The summed E-state index contributed by atoms with van der Waals surface area (Å²) in [5.74, 6) is 0. The molecule has 2 radical (unpaired) electrons. The second-order valence-corrected chi connectivity index (χ2v) is 4.42. The number of aliphatic hydroxyl groups excluding tert-OH is 1. The molecule has 1 saturated heterocycles. The van der Waals surface area contributed by atoms with Crippen LogP contribution in [-0.2, 0) is 11.3 Å². The van der Waals surface area contributed by atoms with Gasteiger partial charge >= 0.3 is 5.69 Å². The van der Waals surface area contributed by atoms with Gasteiger partial charge in [-0.05, 0) is 12.8 Å². The van der Waals surface area contributed by atoms with Gasteiger partial charge in [-0.2, -0.15) is 0 Å². The standard InChI is InChI=1S/C10H13BN2O6/c11-10(17,18)6-1-2-7(19-6)13-3-5(4-14)8(15)12-9(13)16/h3,6-7,14,17-18H,1-2,4H2,(H,12,15,16). The SMILES string of the molecule is [B]C(O)(O)C1CCC(n2cc(CO)c(=O)[nH]c2=O)O1. The summed E-state index contributed by atoms with van der Waals surface area (Å²) >= 11 is 0. The van der Waals surface area contributed by atoms with Crippen molar-refractivity contribution in [2.24, 2.45) is 0 Å². The zero-order valence-electron chi connectivity index (χ0n) is 9.94. The van der Waals surface area contributed by atoms with Crippen LogP contribution in [0.15, 0.2) is 15.8 Å². The zero-order chi connectivity index (χ0) is 14.2. The molecule has 19 heavy (non-hydrogen) atoms. The van der Waals surface area contributed by atoms with Gasteiger partial charge in [0.25, 0.3) is 5.56 Å². The fourth-order valence-electron chi connectivity index (χ4n) is 1.99. The molecule has 2 rings (SSSR count). The number of nitrogens with zero attached hydrogens (tertiary/aromatic N) is 1. The molecule has 2 unspecified atom stereocenters. The van der Waals surface area contributed by atoms with E-state index in [0.29, 0.717) is 6.42 Å². The quantitative estimate of drug-likeness (QED) is 0.355. The highest BCUT2D eigenvalue weighted by Crippen LogP contribution is 2.30. The molecule has 1 aliphatic rings. The van der Waals surface area contributed by atoms with Crippen LogP contribution in [0.3, 0.4) is 0 Å². The topological polar surface area (TPSA) is 125 Å². The van der Waals surface area contributed by atoms with E-state index in [1.54, 1.807) is 0 Å². The molecule has 8 nitrogen and oxygen atoms in total. The lowest BCUT2D eigenvalue weighted by molar-refractivity contribution is -0.183. The van der Waals surface area contributed by atoms with Gasteiger partial charge in [-0.1, -0.05) is 0 Å². The Hall–Kier alpha value is -1.42. The summed E-state index contributed by atoms with van der Waals surface area (Å²) < 4.78 is 6.35. The molecular weight excluding hydrogens is 255 g/mol. The van der Waals surface area contributed by atoms with Crippen molar-refractivity contribution >= 4 is 7.85 Å². The average Bonchev–Trinajstić information content (AvgIpc) is 2.78. The largest absolute Gasteiger partial charge is 0.391 e. The van der Waals surface area contributed by atoms with Gasteiger partial charge in [0, 0.05) is 6.20 Å².